The summed E-state index contributed by atoms with van der Waals surface area (Å²) in [5.41, 5.74) is -0.105. The highest BCUT2D eigenvalue weighted by Gasteiger charge is 2.18. The van der Waals surface area contributed by atoms with Crippen molar-refractivity contribution in [2.75, 3.05) is 12.4 Å². The fourth-order valence-electron chi connectivity index (χ4n) is 2.34. The van der Waals surface area contributed by atoms with E-state index >= 15 is 0 Å². The Morgan fingerprint density at radius 2 is 2.04 bits per heavy atom. The van der Waals surface area contributed by atoms with Gasteiger partial charge in [-0.25, -0.2) is 4.39 Å². The lowest BCUT2D eigenvalue weighted by atomic mass is 10.1. The topological polar surface area (TPSA) is 87.2 Å². The molecule has 0 unspecified atom stereocenters. The number of furan rings is 1. The van der Waals surface area contributed by atoms with Crippen LogP contribution in [0.25, 0.3) is 11.6 Å². The molecule has 0 spiro atoms. The summed E-state index contributed by atoms with van der Waals surface area (Å²) in [6.45, 7) is 2.00. The van der Waals surface area contributed by atoms with Gasteiger partial charge in [-0.15, -0.1) is 10.2 Å². The van der Waals surface area contributed by atoms with Crippen molar-refractivity contribution in [3.05, 3.63) is 54.0 Å². The van der Waals surface area contributed by atoms with Gasteiger partial charge in [-0.05, 0) is 31.2 Å². The van der Waals surface area contributed by atoms with E-state index < -0.39 is 24.2 Å². The van der Waals surface area contributed by atoms with Crippen molar-refractivity contribution in [3.63, 3.8) is 0 Å². The van der Waals surface area contributed by atoms with Crippen molar-refractivity contribution in [2.45, 2.75) is 18.6 Å². The van der Waals surface area contributed by atoms with E-state index in [1.807, 2.05) is 6.92 Å². The second-order valence-electron chi connectivity index (χ2n) is 5.38. The highest BCUT2D eigenvalue weighted by molar-refractivity contribution is 7.99. The highest BCUT2D eigenvalue weighted by atomic mass is 32.2. The van der Waals surface area contributed by atoms with E-state index in [1.54, 1.807) is 29.0 Å². The lowest BCUT2D eigenvalue weighted by Gasteiger charge is -2.06. The Morgan fingerprint density at radius 1 is 1.22 bits per heavy atom. The zero-order valence-corrected chi connectivity index (χ0v) is 15.2. The summed E-state index contributed by atoms with van der Waals surface area (Å²) in [6.07, 6.45) is 1.54. The standard InChI is InChI=1S/C18H16FN3O4S/c1-2-22-17(15-8-5-9-25-15)20-21-18(22)27-11-16(24)26-10-14(23)12-6-3-4-7-13(12)19/h3-9H,2,10-11H2,1H3. The Labute approximate surface area is 158 Å². The van der Waals surface area contributed by atoms with Crippen molar-refractivity contribution >= 4 is 23.5 Å². The molecule has 0 bridgehead atoms. The first-order valence-electron chi connectivity index (χ1n) is 8.13. The van der Waals surface area contributed by atoms with Gasteiger partial charge in [0.2, 0.25) is 5.78 Å². The fourth-order valence-corrected chi connectivity index (χ4v) is 3.15. The molecule has 0 atom stereocenters. The predicted molar refractivity (Wildman–Crippen MR) is 95.8 cm³/mol. The number of aromatic nitrogens is 3. The van der Waals surface area contributed by atoms with Crippen molar-refractivity contribution in [2.24, 2.45) is 0 Å². The van der Waals surface area contributed by atoms with Crippen LogP contribution in [0.3, 0.4) is 0 Å². The first-order chi connectivity index (χ1) is 13.1. The minimum atomic E-state index is -0.644. The molecule has 2 heterocycles. The number of carbonyl (C=O) groups excluding carboxylic acids is 2. The zero-order chi connectivity index (χ0) is 19.2. The van der Waals surface area contributed by atoms with Gasteiger partial charge < -0.3 is 9.15 Å². The smallest absolute Gasteiger partial charge is 0.316 e. The van der Waals surface area contributed by atoms with Crippen LogP contribution < -0.4 is 0 Å². The van der Waals surface area contributed by atoms with Gasteiger partial charge in [0.25, 0.3) is 0 Å². The molecule has 27 heavy (non-hydrogen) atoms. The van der Waals surface area contributed by atoms with E-state index in [9.17, 15) is 14.0 Å². The SMILES string of the molecule is CCn1c(SCC(=O)OCC(=O)c2ccccc2F)nnc1-c1ccco1. The zero-order valence-electron chi connectivity index (χ0n) is 14.4. The summed E-state index contributed by atoms with van der Waals surface area (Å²) in [4.78, 5) is 23.8. The molecule has 1 aromatic carbocycles. The average Bonchev–Trinajstić information content (AvgIpc) is 3.33. The van der Waals surface area contributed by atoms with Crippen molar-refractivity contribution in [1.82, 2.24) is 14.8 Å². The van der Waals surface area contributed by atoms with Crippen LogP contribution in [0.5, 0.6) is 0 Å². The average molecular weight is 389 g/mol. The molecule has 0 N–H and O–H groups in total. The van der Waals surface area contributed by atoms with E-state index in [1.165, 1.54) is 18.2 Å². The maximum atomic E-state index is 13.5. The normalized spacial score (nSPS) is 10.7. The van der Waals surface area contributed by atoms with Crippen LogP contribution in [0.2, 0.25) is 0 Å². The summed E-state index contributed by atoms with van der Waals surface area (Å²) in [5.74, 6) is -0.754. The Hall–Kier alpha value is -2.94. The molecule has 3 rings (SSSR count). The summed E-state index contributed by atoms with van der Waals surface area (Å²) < 4.78 is 25.6. The second kappa shape index (κ2) is 8.63. The van der Waals surface area contributed by atoms with Crippen LogP contribution in [0.15, 0.2) is 52.2 Å². The van der Waals surface area contributed by atoms with Gasteiger partial charge in [0.15, 0.2) is 23.3 Å². The molecule has 0 amide bonds. The van der Waals surface area contributed by atoms with Crippen LogP contribution in [0, 0.1) is 5.82 Å². The highest BCUT2D eigenvalue weighted by Crippen LogP contribution is 2.24. The van der Waals surface area contributed by atoms with Crippen LogP contribution in [0.4, 0.5) is 4.39 Å². The first kappa shape index (κ1) is 18.8. The number of Topliss-reactive ketones (excluding diaryl/α,β-unsaturated/α-hetero) is 1. The van der Waals surface area contributed by atoms with Crippen molar-refractivity contribution < 1.29 is 23.1 Å². The number of nitrogens with zero attached hydrogens (tertiary/aromatic N) is 3. The van der Waals surface area contributed by atoms with Gasteiger partial charge in [0, 0.05) is 6.54 Å². The Morgan fingerprint density at radius 3 is 2.74 bits per heavy atom. The third kappa shape index (κ3) is 4.43. The molecule has 3 aromatic rings. The lowest BCUT2D eigenvalue weighted by molar-refractivity contribution is -0.139. The number of halogens is 1. The summed E-state index contributed by atoms with van der Waals surface area (Å²) in [5, 5.41) is 8.67. The quantitative estimate of drug-likeness (QED) is 0.332. The number of hydrogen-bond acceptors (Lipinski definition) is 7. The van der Waals surface area contributed by atoms with Gasteiger partial charge in [0.1, 0.15) is 5.82 Å². The number of thioether (sulfide) groups is 1. The number of benzene rings is 1. The van der Waals surface area contributed by atoms with E-state index in [4.69, 9.17) is 9.15 Å². The summed E-state index contributed by atoms with van der Waals surface area (Å²) >= 11 is 1.14. The molecule has 2 aromatic heterocycles. The molecule has 0 aliphatic rings. The van der Waals surface area contributed by atoms with Gasteiger partial charge >= 0.3 is 5.97 Å². The monoisotopic (exact) mass is 389 g/mol. The number of esters is 1. The lowest BCUT2D eigenvalue weighted by Crippen LogP contribution is -2.16. The van der Waals surface area contributed by atoms with Gasteiger partial charge in [-0.3, -0.25) is 14.2 Å². The molecule has 140 valence electrons. The molecule has 0 saturated heterocycles. The Bertz CT molecular complexity index is 940. The number of rotatable bonds is 8. The number of hydrogen-bond donors (Lipinski definition) is 0. The van der Waals surface area contributed by atoms with Crippen LogP contribution in [0.1, 0.15) is 17.3 Å². The van der Waals surface area contributed by atoms with Crippen molar-refractivity contribution in [1.29, 1.82) is 0 Å². The molecule has 0 fully saturated rings. The van der Waals surface area contributed by atoms with Gasteiger partial charge in [0.05, 0.1) is 17.6 Å². The fraction of sp³-hybridized carbons (Fsp3) is 0.222. The molecule has 0 aliphatic carbocycles. The number of ether oxygens (including phenoxy) is 1. The predicted octanol–water partition coefficient (Wildman–Crippen LogP) is 3.22. The largest absolute Gasteiger partial charge is 0.461 e. The van der Waals surface area contributed by atoms with Gasteiger partial charge in [-0.2, -0.15) is 0 Å². The molecule has 7 nitrogen and oxygen atoms in total. The van der Waals surface area contributed by atoms with Crippen molar-refractivity contribution in [3.8, 4) is 11.6 Å². The Balaban J connectivity index is 1.55. The molecule has 0 radical (unpaired) electrons. The van der Waals surface area contributed by atoms with E-state index in [-0.39, 0.29) is 11.3 Å². The van der Waals surface area contributed by atoms with Crippen LogP contribution in [-0.2, 0) is 16.1 Å². The molecule has 0 saturated carbocycles. The molecule has 0 aliphatic heterocycles. The minimum Gasteiger partial charge on any atom is -0.461 e. The number of carbonyl (C=O) groups is 2. The third-order valence-electron chi connectivity index (χ3n) is 3.63. The maximum absolute atomic E-state index is 13.5. The van der Waals surface area contributed by atoms with Crippen LogP contribution >= 0.6 is 11.8 Å². The number of ketones is 1. The van der Waals surface area contributed by atoms with E-state index in [2.05, 4.69) is 10.2 Å². The molecular weight excluding hydrogens is 373 g/mol. The maximum Gasteiger partial charge on any atom is 0.316 e. The third-order valence-corrected chi connectivity index (χ3v) is 4.57. The second-order valence-corrected chi connectivity index (χ2v) is 6.32. The molecular formula is C18H16FN3O4S. The summed E-state index contributed by atoms with van der Waals surface area (Å²) in [7, 11) is 0. The van der Waals surface area contributed by atoms with Crippen LogP contribution in [-0.4, -0.2) is 38.9 Å². The minimum absolute atomic E-state index is 0.0547. The Kier molecular flexibility index (Phi) is 6.02. The van der Waals surface area contributed by atoms with Gasteiger partial charge in [-0.1, -0.05) is 23.9 Å². The first-order valence-corrected chi connectivity index (χ1v) is 9.12. The van der Waals surface area contributed by atoms with E-state index in [0.717, 1.165) is 11.8 Å². The molecule has 9 heteroatoms. The van der Waals surface area contributed by atoms with E-state index in [0.29, 0.717) is 23.3 Å². The summed E-state index contributed by atoms with van der Waals surface area (Å²) in [6, 6.07) is 9.07.